The maximum atomic E-state index is 11.0. The van der Waals surface area contributed by atoms with E-state index in [1.807, 2.05) is 11.8 Å². The number of aldehydes is 1. The zero-order valence-electron chi connectivity index (χ0n) is 6.71. The Bertz CT molecular complexity index is 169. The summed E-state index contributed by atoms with van der Waals surface area (Å²) in [6, 6.07) is 0.0382. The third kappa shape index (κ3) is 3.13. The second-order valence-corrected chi connectivity index (χ2v) is 3.73. The summed E-state index contributed by atoms with van der Waals surface area (Å²) in [6.07, 6.45) is 1.70. The zero-order valence-corrected chi connectivity index (χ0v) is 7.52. The van der Waals surface area contributed by atoms with E-state index in [-0.39, 0.29) is 18.6 Å². The highest BCUT2D eigenvalue weighted by atomic mass is 32.2. The molecule has 0 aliphatic carbocycles. The summed E-state index contributed by atoms with van der Waals surface area (Å²) >= 11 is 1.84. The average molecular weight is 188 g/mol. The average Bonchev–Trinajstić information content (AvgIpc) is 2.53. The third-order valence-electron chi connectivity index (χ3n) is 1.61. The van der Waals surface area contributed by atoms with Gasteiger partial charge in [-0.25, -0.2) is 4.79 Å². The lowest BCUT2D eigenvalue weighted by Gasteiger charge is -2.10. The molecule has 0 aromatic carbocycles. The van der Waals surface area contributed by atoms with Crippen molar-refractivity contribution in [1.82, 2.24) is 10.6 Å². The van der Waals surface area contributed by atoms with Gasteiger partial charge in [-0.1, -0.05) is 0 Å². The summed E-state index contributed by atoms with van der Waals surface area (Å²) in [5.41, 5.74) is 0. The number of thioether (sulfide) groups is 1. The molecular formula is C7H12N2O2S. The first-order chi connectivity index (χ1) is 5.83. The van der Waals surface area contributed by atoms with Crippen LogP contribution in [0.25, 0.3) is 0 Å². The van der Waals surface area contributed by atoms with Gasteiger partial charge in [0.05, 0.1) is 6.54 Å². The number of amides is 2. The highest BCUT2D eigenvalue weighted by molar-refractivity contribution is 7.99. The summed E-state index contributed by atoms with van der Waals surface area (Å²) in [5, 5.41) is 5.22. The molecular weight excluding hydrogens is 176 g/mol. The van der Waals surface area contributed by atoms with E-state index in [4.69, 9.17) is 0 Å². The number of rotatable bonds is 3. The molecule has 1 rings (SSSR count). The van der Waals surface area contributed by atoms with Gasteiger partial charge in [0.2, 0.25) is 0 Å². The molecule has 0 radical (unpaired) electrons. The molecule has 0 aromatic heterocycles. The van der Waals surface area contributed by atoms with Crippen molar-refractivity contribution < 1.29 is 9.59 Å². The van der Waals surface area contributed by atoms with E-state index in [1.54, 1.807) is 0 Å². The van der Waals surface area contributed by atoms with Gasteiger partial charge in [-0.3, -0.25) is 0 Å². The summed E-state index contributed by atoms with van der Waals surface area (Å²) in [5.74, 6) is 2.09. The van der Waals surface area contributed by atoms with Gasteiger partial charge in [-0.2, -0.15) is 11.8 Å². The number of hydrogen-bond donors (Lipinski definition) is 2. The Hall–Kier alpha value is -0.710. The van der Waals surface area contributed by atoms with E-state index in [2.05, 4.69) is 10.6 Å². The Morgan fingerprint density at radius 3 is 3.08 bits per heavy atom. The molecule has 12 heavy (non-hydrogen) atoms. The quantitative estimate of drug-likeness (QED) is 0.612. The second kappa shape index (κ2) is 5.03. The predicted molar refractivity (Wildman–Crippen MR) is 48.3 cm³/mol. The minimum Gasteiger partial charge on any atom is -0.335 e. The van der Waals surface area contributed by atoms with E-state index in [1.165, 1.54) is 0 Å². The molecule has 5 heteroatoms. The Kier molecular flexibility index (Phi) is 3.93. The van der Waals surface area contributed by atoms with Crippen LogP contribution in [0.2, 0.25) is 0 Å². The first kappa shape index (κ1) is 9.38. The van der Waals surface area contributed by atoms with Crippen LogP contribution in [0.4, 0.5) is 4.79 Å². The second-order valence-electron chi connectivity index (χ2n) is 2.58. The highest BCUT2D eigenvalue weighted by Gasteiger charge is 2.16. The van der Waals surface area contributed by atoms with Crippen LogP contribution in [-0.4, -0.2) is 36.4 Å². The van der Waals surface area contributed by atoms with Crippen LogP contribution in [0.5, 0.6) is 0 Å². The molecule has 1 unspecified atom stereocenters. The number of urea groups is 1. The van der Waals surface area contributed by atoms with Gasteiger partial charge in [0.25, 0.3) is 0 Å². The van der Waals surface area contributed by atoms with Crippen molar-refractivity contribution in [2.45, 2.75) is 12.5 Å². The molecule has 1 fully saturated rings. The first-order valence-corrected chi connectivity index (χ1v) is 5.04. The molecule has 1 heterocycles. The molecule has 1 aliphatic rings. The minimum atomic E-state index is -0.241. The van der Waals surface area contributed by atoms with Crippen LogP contribution >= 0.6 is 11.8 Å². The number of nitrogens with one attached hydrogen (secondary N) is 2. The standard InChI is InChI=1S/C7H12N2O2S/c10-3-2-8-7(11)9-6-1-4-12-5-6/h3,6H,1-2,4-5H2,(H2,8,9,11). The Labute approximate surface area is 75.5 Å². The van der Waals surface area contributed by atoms with E-state index in [0.29, 0.717) is 6.29 Å². The predicted octanol–water partition coefficient (Wildman–Crippen LogP) is -0.01000. The van der Waals surface area contributed by atoms with Crippen molar-refractivity contribution >= 4 is 24.1 Å². The molecule has 1 aliphatic heterocycles. The molecule has 0 bridgehead atoms. The largest absolute Gasteiger partial charge is 0.335 e. The molecule has 0 spiro atoms. The Morgan fingerprint density at radius 1 is 1.67 bits per heavy atom. The van der Waals surface area contributed by atoms with E-state index in [0.717, 1.165) is 17.9 Å². The van der Waals surface area contributed by atoms with Crippen LogP contribution in [0.15, 0.2) is 0 Å². The van der Waals surface area contributed by atoms with Crippen LogP contribution in [0, 0.1) is 0 Å². The van der Waals surface area contributed by atoms with Crippen molar-refractivity contribution in [2.24, 2.45) is 0 Å². The van der Waals surface area contributed by atoms with Crippen molar-refractivity contribution in [3.8, 4) is 0 Å². The van der Waals surface area contributed by atoms with Crippen molar-refractivity contribution in [2.75, 3.05) is 18.1 Å². The summed E-state index contributed by atoms with van der Waals surface area (Å²) < 4.78 is 0. The molecule has 4 nitrogen and oxygen atoms in total. The van der Waals surface area contributed by atoms with Crippen molar-refractivity contribution in [1.29, 1.82) is 0 Å². The number of hydrogen-bond acceptors (Lipinski definition) is 3. The van der Waals surface area contributed by atoms with Crippen molar-refractivity contribution in [3.05, 3.63) is 0 Å². The van der Waals surface area contributed by atoms with E-state index < -0.39 is 0 Å². The van der Waals surface area contributed by atoms with Gasteiger partial charge in [-0.05, 0) is 12.2 Å². The van der Waals surface area contributed by atoms with Crippen molar-refractivity contribution in [3.63, 3.8) is 0 Å². The third-order valence-corrected chi connectivity index (χ3v) is 2.77. The molecule has 1 saturated heterocycles. The van der Waals surface area contributed by atoms with E-state index >= 15 is 0 Å². The van der Waals surface area contributed by atoms with Gasteiger partial charge < -0.3 is 15.4 Å². The molecule has 2 amide bonds. The van der Waals surface area contributed by atoms with Gasteiger partial charge in [0, 0.05) is 11.8 Å². The van der Waals surface area contributed by atoms with Gasteiger partial charge in [-0.15, -0.1) is 0 Å². The Morgan fingerprint density at radius 2 is 2.50 bits per heavy atom. The van der Waals surface area contributed by atoms with Gasteiger partial charge >= 0.3 is 6.03 Å². The minimum absolute atomic E-state index is 0.0890. The molecule has 0 aromatic rings. The summed E-state index contributed by atoms with van der Waals surface area (Å²) in [7, 11) is 0. The Balaban J connectivity index is 2.11. The summed E-state index contributed by atoms with van der Waals surface area (Å²) in [4.78, 5) is 20.9. The molecule has 2 N–H and O–H groups in total. The van der Waals surface area contributed by atoms with E-state index in [9.17, 15) is 9.59 Å². The fraction of sp³-hybridized carbons (Fsp3) is 0.714. The fourth-order valence-electron chi connectivity index (χ4n) is 1.02. The zero-order chi connectivity index (χ0) is 8.81. The number of carbonyl (C=O) groups is 2. The molecule has 1 atom stereocenters. The lowest BCUT2D eigenvalue weighted by Crippen LogP contribution is -2.42. The maximum absolute atomic E-state index is 11.0. The van der Waals surface area contributed by atoms with Crippen LogP contribution in [0.3, 0.4) is 0 Å². The van der Waals surface area contributed by atoms with Gasteiger partial charge in [0.15, 0.2) is 0 Å². The maximum Gasteiger partial charge on any atom is 0.315 e. The first-order valence-electron chi connectivity index (χ1n) is 3.88. The normalized spacial score (nSPS) is 21.8. The summed E-state index contributed by atoms with van der Waals surface area (Å²) in [6.45, 7) is 0.0890. The number of carbonyl (C=O) groups excluding carboxylic acids is 2. The fourth-order valence-corrected chi connectivity index (χ4v) is 2.17. The van der Waals surface area contributed by atoms with Crippen LogP contribution < -0.4 is 10.6 Å². The topological polar surface area (TPSA) is 58.2 Å². The SMILES string of the molecule is O=CCNC(=O)NC1CCSC1. The molecule has 0 saturated carbocycles. The molecule has 68 valence electrons. The lowest BCUT2D eigenvalue weighted by atomic mass is 10.3. The van der Waals surface area contributed by atoms with Crippen LogP contribution in [-0.2, 0) is 4.79 Å². The highest BCUT2D eigenvalue weighted by Crippen LogP contribution is 2.16. The monoisotopic (exact) mass is 188 g/mol. The smallest absolute Gasteiger partial charge is 0.315 e. The van der Waals surface area contributed by atoms with Gasteiger partial charge in [0.1, 0.15) is 6.29 Å². The lowest BCUT2D eigenvalue weighted by molar-refractivity contribution is -0.107. The van der Waals surface area contributed by atoms with Crippen LogP contribution in [0.1, 0.15) is 6.42 Å².